The Kier molecular flexibility index (Phi) is 9.22. The molecule has 1 unspecified atom stereocenters. The van der Waals surface area contributed by atoms with E-state index in [1.807, 2.05) is 80.6 Å². The average Bonchev–Trinajstić information content (AvgIpc) is 2.66. The normalized spacial score (nSPS) is 12.2. The lowest BCUT2D eigenvalue weighted by atomic mass is 9.79. The monoisotopic (exact) mass is 395 g/mol. The Bertz CT molecular complexity index is 849. The van der Waals surface area contributed by atoms with E-state index in [9.17, 15) is 14.4 Å². The molecule has 0 aliphatic rings. The molecule has 0 fully saturated rings. The highest BCUT2D eigenvalue weighted by Crippen LogP contribution is 2.27. The van der Waals surface area contributed by atoms with Crippen molar-refractivity contribution in [3.63, 3.8) is 0 Å². The Morgan fingerprint density at radius 2 is 1.28 bits per heavy atom. The molecular weight excluding hydrogens is 370 g/mol. The van der Waals surface area contributed by atoms with Gasteiger partial charge in [0.25, 0.3) is 0 Å². The summed E-state index contributed by atoms with van der Waals surface area (Å²) in [4.78, 5) is 31.7. The largest absolute Gasteiger partial charge is 0.478 e. The number of rotatable bonds is 7. The summed E-state index contributed by atoms with van der Waals surface area (Å²) in [7, 11) is 0. The second-order valence-corrected chi connectivity index (χ2v) is 6.82. The van der Waals surface area contributed by atoms with Gasteiger partial charge >= 0.3 is 11.9 Å². The standard InChI is InChI=1S/C19H21NO.C4H4O4/c1-19(2,20)18(16-11-7-4-8-12-16)17(21)14-13-15-9-5-3-6-10-15;5-3(6)1-2-4(7)8/h3-14,18H,20H2,1-2H3;1-2H,(H,5,6)(H,7,8). The zero-order valence-corrected chi connectivity index (χ0v) is 16.4. The van der Waals surface area contributed by atoms with Gasteiger partial charge in [-0.1, -0.05) is 66.7 Å². The Balaban J connectivity index is 0.000000447. The third kappa shape index (κ3) is 9.30. The van der Waals surface area contributed by atoms with Gasteiger partial charge in [-0.25, -0.2) is 9.59 Å². The summed E-state index contributed by atoms with van der Waals surface area (Å²) in [6.45, 7) is 3.78. The SMILES string of the molecule is CC(C)(N)C(C(=O)C=Cc1ccccc1)c1ccccc1.O=C(O)C=CC(=O)O. The van der Waals surface area contributed by atoms with Crippen molar-refractivity contribution < 1.29 is 24.6 Å². The van der Waals surface area contributed by atoms with Crippen molar-refractivity contribution in [3.8, 4) is 0 Å². The van der Waals surface area contributed by atoms with Crippen molar-refractivity contribution in [2.24, 2.45) is 5.73 Å². The summed E-state index contributed by atoms with van der Waals surface area (Å²) in [5, 5.41) is 15.6. The van der Waals surface area contributed by atoms with Crippen molar-refractivity contribution in [1.82, 2.24) is 0 Å². The summed E-state index contributed by atoms with van der Waals surface area (Å²) in [5.74, 6) is -2.84. The number of aliphatic carboxylic acids is 2. The first kappa shape index (κ1) is 23.5. The van der Waals surface area contributed by atoms with Crippen LogP contribution in [0.25, 0.3) is 6.08 Å². The molecule has 0 heterocycles. The van der Waals surface area contributed by atoms with Gasteiger partial charge in [-0.2, -0.15) is 0 Å². The number of carboxylic acids is 2. The first-order valence-corrected chi connectivity index (χ1v) is 8.86. The molecule has 2 aromatic rings. The van der Waals surface area contributed by atoms with Crippen LogP contribution in [-0.2, 0) is 14.4 Å². The van der Waals surface area contributed by atoms with Gasteiger partial charge in [0.05, 0.1) is 5.92 Å². The quantitative estimate of drug-likeness (QED) is 0.618. The first-order valence-electron chi connectivity index (χ1n) is 8.86. The number of carbonyl (C=O) groups excluding carboxylic acids is 1. The predicted octanol–water partition coefficient (Wildman–Crippen LogP) is 3.50. The minimum atomic E-state index is -1.26. The molecule has 6 nitrogen and oxygen atoms in total. The smallest absolute Gasteiger partial charge is 0.328 e. The molecule has 2 rings (SSSR count). The number of carbonyl (C=O) groups is 3. The molecule has 1 atom stereocenters. The van der Waals surface area contributed by atoms with Crippen LogP contribution in [-0.4, -0.2) is 33.5 Å². The molecule has 0 saturated heterocycles. The molecule has 2 aromatic carbocycles. The number of benzene rings is 2. The third-order valence-corrected chi connectivity index (χ3v) is 3.77. The second-order valence-electron chi connectivity index (χ2n) is 6.82. The van der Waals surface area contributed by atoms with Crippen LogP contribution in [0.3, 0.4) is 0 Å². The van der Waals surface area contributed by atoms with Crippen LogP contribution >= 0.6 is 0 Å². The van der Waals surface area contributed by atoms with Crippen LogP contribution in [0.1, 0.15) is 30.9 Å². The van der Waals surface area contributed by atoms with E-state index in [-0.39, 0.29) is 11.7 Å². The molecule has 29 heavy (non-hydrogen) atoms. The van der Waals surface area contributed by atoms with Crippen molar-refractivity contribution >= 4 is 23.8 Å². The minimum absolute atomic E-state index is 0.0255. The van der Waals surface area contributed by atoms with Gasteiger partial charge in [-0.3, -0.25) is 4.79 Å². The van der Waals surface area contributed by atoms with E-state index in [0.717, 1.165) is 11.1 Å². The number of nitrogens with two attached hydrogens (primary N) is 1. The van der Waals surface area contributed by atoms with Gasteiger partial charge < -0.3 is 15.9 Å². The molecule has 152 valence electrons. The molecular formula is C23H25NO5. The highest BCUT2D eigenvalue weighted by Gasteiger charge is 2.31. The number of carboxylic acid groups (broad SMARTS) is 2. The summed E-state index contributed by atoms with van der Waals surface area (Å²) in [6.07, 6.45) is 4.58. The van der Waals surface area contributed by atoms with E-state index in [1.54, 1.807) is 6.08 Å². The summed E-state index contributed by atoms with van der Waals surface area (Å²) < 4.78 is 0. The van der Waals surface area contributed by atoms with E-state index in [1.165, 1.54) is 0 Å². The lowest BCUT2D eigenvalue weighted by Crippen LogP contribution is -2.42. The second kappa shape index (κ2) is 11.4. The van der Waals surface area contributed by atoms with Crippen LogP contribution in [0.15, 0.2) is 78.9 Å². The van der Waals surface area contributed by atoms with Crippen molar-refractivity contribution in [2.75, 3.05) is 0 Å². The van der Waals surface area contributed by atoms with Gasteiger partial charge in [0.1, 0.15) is 0 Å². The molecule has 4 N–H and O–H groups in total. The molecule has 0 bridgehead atoms. The highest BCUT2D eigenvalue weighted by molar-refractivity contribution is 5.99. The number of hydrogen-bond donors (Lipinski definition) is 3. The highest BCUT2D eigenvalue weighted by atomic mass is 16.4. The number of ketones is 1. The summed E-state index contributed by atoms with van der Waals surface area (Å²) in [6, 6.07) is 19.5. The minimum Gasteiger partial charge on any atom is -0.478 e. The summed E-state index contributed by atoms with van der Waals surface area (Å²) in [5.41, 5.74) is 7.57. The maximum Gasteiger partial charge on any atom is 0.328 e. The van der Waals surface area contributed by atoms with Crippen molar-refractivity contribution in [3.05, 3.63) is 90.0 Å². The van der Waals surface area contributed by atoms with Crippen LogP contribution < -0.4 is 5.73 Å². The van der Waals surface area contributed by atoms with Crippen LogP contribution in [0, 0.1) is 0 Å². The number of hydrogen-bond acceptors (Lipinski definition) is 4. The fourth-order valence-corrected chi connectivity index (χ4v) is 2.59. The maximum atomic E-state index is 12.6. The van der Waals surface area contributed by atoms with E-state index in [4.69, 9.17) is 15.9 Å². The fourth-order valence-electron chi connectivity index (χ4n) is 2.59. The zero-order valence-electron chi connectivity index (χ0n) is 16.4. The van der Waals surface area contributed by atoms with Gasteiger partial charge in [0, 0.05) is 17.7 Å². The first-order chi connectivity index (χ1) is 13.6. The molecule has 0 amide bonds. The van der Waals surface area contributed by atoms with Crippen LogP contribution in [0.2, 0.25) is 0 Å². The summed E-state index contributed by atoms with van der Waals surface area (Å²) >= 11 is 0. The topological polar surface area (TPSA) is 118 Å². The van der Waals surface area contributed by atoms with E-state index >= 15 is 0 Å². The predicted molar refractivity (Wildman–Crippen MR) is 112 cm³/mol. The molecule has 0 aromatic heterocycles. The molecule has 0 saturated carbocycles. The fraction of sp³-hybridized carbons (Fsp3) is 0.174. The Labute approximate surface area is 170 Å². The lowest BCUT2D eigenvalue weighted by molar-refractivity contribution is -0.134. The maximum absolute atomic E-state index is 12.6. The van der Waals surface area contributed by atoms with Gasteiger partial charge in [0.2, 0.25) is 0 Å². The molecule has 0 radical (unpaired) electrons. The zero-order chi connectivity index (χ0) is 21.9. The molecule has 6 heteroatoms. The molecule has 0 spiro atoms. The van der Waals surface area contributed by atoms with Gasteiger partial charge in [-0.15, -0.1) is 0 Å². The number of allylic oxidation sites excluding steroid dienone is 1. The van der Waals surface area contributed by atoms with Gasteiger partial charge in [0.15, 0.2) is 5.78 Å². The van der Waals surface area contributed by atoms with Gasteiger partial charge in [-0.05, 0) is 31.1 Å². The van der Waals surface area contributed by atoms with Crippen LogP contribution in [0.4, 0.5) is 0 Å². The Morgan fingerprint density at radius 1 is 0.828 bits per heavy atom. The molecule has 0 aliphatic heterocycles. The Morgan fingerprint density at radius 3 is 1.69 bits per heavy atom. The lowest BCUT2D eigenvalue weighted by Gasteiger charge is -2.29. The van der Waals surface area contributed by atoms with E-state index < -0.39 is 17.5 Å². The van der Waals surface area contributed by atoms with E-state index in [0.29, 0.717) is 12.2 Å². The average molecular weight is 395 g/mol. The third-order valence-electron chi connectivity index (χ3n) is 3.77. The van der Waals surface area contributed by atoms with Crippen LogP contribution in [0.5, 0.6) is 0 Å². The molecule has 0 aliphatic carbocycles. The Hall–Kier alpha value is -3.51. The van der Waals surface area contributed by atoms with Crippen molar-refractivity contribution in [2.45, 2.75) is 25.3 Å². The van der Waals surface area contributed by atoms with Crippen molar-refractivity contribution in [1.29, 1.82) is 0 Å². The van der Waals surface area contributed by atoms with E-state index in [2.05, 4.69) is 0 Å².